The maximum atomic E-state index is 14.2. The Morgan fingerprint density at radius 3 is 2.76 bits per heavy atom. The first kappa shape index (κ1) is 16.2. The highest BCUT2D eigenvalue weighted by Gasteiger charge is 2.29. The third kappa shape index (κ3) is 3.74. The minimum atomic E-state index is -0.216. The molecule has 0 bridgehead atoms. The molecule has 1 unspecified atom stereocenters. The van der Waals surface area contributed by atoms with Crippen molar-refractivity contribution in [1.29, 1.82) is 0 Å². The number of hydrogen-bond acceptors (Lipinski definition) is 4. The first-order chi connectivity index (χ1) is 10.1. The van der Waals surface area contributed by atoms with E-state index < -0.39 is 0 Å². The van der Waals surface area contributed by atoms with Crippen LogP contribution in [0.3, 0.4) is 0 Å². The lowest BCUT2D eigenvalue weighted by Crippen LogP contribution is -2.41. The molecule has 1 atom stereocenters. The van der Waals surface area contributed by atoms with Crippen molar-refractivity contribution in [3.05, 3.63) is 34.1 Å². The Morgan fingerprint density at radius 1 is 1.43 bits per heavy atom. The minimum absolute atomic E-state index is 0.103. The van der Waals surface area contributed by atoms with E-state index in [4.69, 9.17) is 5.73 Å². The molecular weight excluding hydrogens is 335 g/mol. The fourth-order valence-electron chi connectivity index (χ4n) is 2.63. The quantitative estimate of drug-likeness (QED) is 0.851. The van der Waals surface area contributed by atoms with Crippen molar-refractivity contribution in [2.45, 2.75) is 19.9 Å². The molecule has 0 aliphatic carbocycles. The number of aliphatic imine (C=N–C) groups is 1. The molecule has 1 heterocycles. The summed E-state index contributed by atoms with van der Waals surface area (Å²) in [5.41, 5.74) is 6.64. The summed E-state index contributed by atoms with van der Waals surface area (Å²) in [6.07, 6.45) is 0. The number of benzene rings is 1. The van der Waals surface area contributed by atoms with Gasteiger partial charge in [-0.1, -0.05) is 35.8 Å². The van der Waals surface area contributed by atoms with E-state index in [0.29, 0.717) is 18.1 Å². The molecular formula is C15H22BrFN4. The number of likely N-dealkylation sites (N-methyl/N-ethyl adjacent to an activating group) is 1. The van der Waals surface area contributed by atoms with Crippen molar-refractivity contribution in [2.75, 3.05) is 32.7 Å². The molecule has 6 heteroatoms. The Kier molecular flexibility index (Phi) is 5.58. The van der Waals surface area contributed by atoms with Crippen LogP contribution in [0.15, 0.2) is 27.7 Å². The minimum Gasteiger partial charge on any atom is -0.370 e. The first-order valence-corrected chi connectivity index (χ1v) is 8.10. The second-order valence-electron chi connectivity index (χ2n) is 5.10. The zero-order chi connectivity index (χ0) is 15.4. The molecule has 2 N–H and O–H groups in total. The van der Waals surface area contributed by atoms with Gasteiger partial charge in [0.1, 0.15) is 5.82 Å². The van der Waals surface area contributed by atoms with Gasteiger partial charge < -0.3 is 15.5 Å². The number of halogens is 2. The van der Waals surface area contributed by atoms with Crippen LogP contribution in [0, 0.1) is 5.82 Å². The monoisotopic (exact) mass is 356 g/mol. The van der Waals surface area contributed by atoms with E-state index in [1.54, 1.807) is 0 Å². The normalized spacial score (nSPS) is 18.4. The highest BCUT2D eigenvalue weighted by atomic mass is 79.9. The van der Waals surface area contributed by atoms with Crippen LogP contribution in [0.4, 0.5) is 4.39 Å². The Bertz CT molecular complexity index is 516. The lowest BCUT2D eigenvalue weighted by molar-refractivity contribution is 0.246. The summed E-state index contributed by atoms with van der Waals surface area (Å²) in [7, 11) is 0. The number of nitrogens with zero attached hydrogens (tertiary/aromatic N) is 3. The average molecular weight is 357 g/mol. The Labute approximate surface area is 133 Å². The van der Waals surface area contributed by atoms with Gasteiger partial charge in [0, 0.05) is 23.1 Å². The van der Waals surface area contributed by atoms with Crippen LogP contribution in [0.5, 0.6) is 0 Å². The van der Waals surface area contributed by atoms with Crippen LogP contribution in [0.25, 0.3) is 0 Å². The van der Waals surface area contributed by atoms with Crippen molar-refractivity contribution in [2.24, 2.45) is 10.7 Å². The molecule has 0 amide bonds. The maximum Gasteiger partial charge on any atom is 0.191 e. The van der Waals surface area contributed by atoms with E-state index in [2.05, 4.69) is 39.7 Å². The van der Waals surface area contributed by atoms with E-state index in [9.17, 15) is 4.39 Å². The van der Waals surface area contributed by atoms with Crippen molar-refractivity contribution in [1.82, 2.24) is 9.80 Å². The average Bonchev–Trinajstić information content (AvgIpc) is 2.81. The molecule has 0 saturated carbocycles. The molecule has 0 aromatic heterocycles. The summed E-state index contributed by atoms with van der Waals surface area (Å²) in [5.74, 6) is 0.293. The van der Waals surface area contributed by atoms with Gasteiger partial charge in [-0.15, -0.1) is 0 Å². The van der Waals surface area contributed by atoms with Crippen molar-refractivity contribution >= 4 is 21.9 Å². The molecule has 1 aliphatic heterocycles. The molecule has 1 aromatic carbocycles. The highest BCUT2D eigenvalue weighted by Crippen LogP contribution is 2.29. The molecule has 0 radical (unpaired) electrons. The highest BCUT2D eigenvalue weighted by molar-refractivity contribution is 9.10. The van der Waals surface area contributed by atoms with E-state index in [-0.39, 0.29) is 11.9 Å². The van der Waals surface area contributed by atoms with Crippen LogP contribution in [0.1, 0.15) is 25.5 Å². The van der Waals surface area contributed by atoms with Crippen LogP contribution in [-0.4, -0.2) is 48.5 Å². The third-order valence-corrected chi connectivity index (χ3v) is 4.46. The Hall–Kier alpha value is -1.14. The van der Waals surface area contributed by atoms with Gasteiger partial charge in [0.05, 0.1) is 12.6 Å². The van der Waals surface area contributed by atoms with E-state index in [1.165, 1.54) is 6.07 Å². The van der Waals surface area contributed by atoms with E-state index in [0.717, 1.165) is 30.7 Å². The van der Waals surface area contributed by atoms with Gasteiger partial charge in [0.2, 0.25) is 0 Å². The van der Waals surface area contributed by atoms with Gasteiger partial charge in [-0.25, -0.2) is 4.39 Å². The SMILES string of the molecule is CCN(CC)CCN1C(N)=NCC1c1ccc(Br)cc1F. The van der Waals surface area contributed by atoms with Gasteiger partial charge in [-0.3, -0.25) is 4.99 Å². The predicted molar refractivity (Wildman–Crippen MR) is 87.8 cm³/mol. The Balaban J connectivity index is 2.12. The topological polar surface area (TPSA) is 44.9 Å². The summed E-state index contributed by atoms with van der Waals surface area (Å²) in [5, 5.41) is 0. The lowest BCUT2D eigenvalue weighted by Gasteiger charge is -2.29. The standard InChI is InChI=1S/C15H22BrFN4/c1-3-20(4-2)7-8-21-14(10-19-15(21)18)12-6-5-11(16)9-13(12)17/h5-6,9,14H,3-4,7-8,10H2,1-2H3,(H2,18,19). The number of hydrogen-bond donors (Lipinski definition) is 1. The van der Waals surface area contributed by atoms with E-state index >= 15 is 0 Å². The second kappa shape index (κ2) is 7.22. The Morgan fingerprint density at radius 2 is 2.14 bits per heavy atom. The molecule has 4 nitrogen and oxygen atoms in total. The van der Waals surface area contributed by atoms with Gasteiger partial charge >= 0.3 is 0 Å². The molecule has 0 fully saturated rings. The van der Waals surface area contributed by atoms with E-state index in [1.807, 2.05) is 17.0 Å². The van der Waals surface area contributed by atoms with Gasteiger partial charge in [-0.05, 0) is 25.2 Å². The molecule has 0 spiro atoms. The zero-order valence-electron chi connectivity index (χ0n) is 12.5. The summed E-state index contributed by atoms with van der Waals surface area (Å²) in [6.45, 7) is 8.45. The van der Waals surface area contributed by atoms with Gasteiger partial charge in [0.15, 0.2) is 5.96 Å². The van der Waals surface area contributed by atoms with Crippen LogP contribution in [0.2, 0.25) is 0 Å². The molecule has 0 saturated heterocycles. The molecule has 1 aliphatic rings. The van der Waals surface area contributed by atoms with Crippen molar-refractivity contribution < 1.29 is 4.39 Å². The smallest absolute Gasteiger partial charge is 0.191 e. The fraction of sp³-hybridized carbons (Fsp3) is 0.533. The largest absolute Gasteiger partial charge is 0.370 e. The van der Waals surface area contributed by atoms with Crippen molar-refractivity contribution in [3.8, 4) is 0 Å². The van der Waals surface area contributed by atoms with Crippen LogP contribution >= 0.6 is 15.9 Å². The molecule has 1 aromatic rings. The molecule has 116 valence electrons. The summed E-state index contributed by atoms with van der Waals surface area (Å²) >= 11 is 3.29. The van der Waals surface area contributed by atoms with Crippen LogP contribution < -0.4 is 5.73 Å². The predicted octanol–water partition coefficient (Wildman–Crippen LogP) is 2.60. The fourth-order valence-corrected chi connectivity index (χ4v) is 2.96. The second-order valence-corrected chi connectivity index (χ2v) is 6.02. The molecule has 2 rings (SSSR count). The summed E-state index contributed by atoms with van der Waals surface area (Å²) < 4.78 is 14.9. The molecule has 21 heavy (non-hydrogen) atoms. The number of guanidine groups is 1. The lowest BCUT2D eigenvalue weighted by atomic mass is 10.1. The summed E-state index contributed by atoms with van der Waals surface area (Å²) in [4.78, 5) is 8.62. The first-order valence-electron chi connectivity index (χ1n) is 7.30. The summed E-state index contributed by atoms with van der Waals surface area (Å²) in [6, 6.07) is 5.05. The van der Waals surface area contributed by atoms with Gasteiger partial charge in [0.25, 0.3) is 0 Å². The maximum absolute atomic E-state index is 14.2. The van der Waals surface area contributed by atoms with Crippen LogP contribution in [-0.2, 0) is 0 Å². The van der Waals surface area contributed by atoms with Gasteiger partial charge in [-0.2, -0.15) is 0 Å². The van der Waals surface area contributed by atoms with Crippen molar-refractivity contribution in [3.63, 3.8) is 0 Å². The zero-order valence-corrected chi connectivity index (χ0v) is 14.1. The number of rotatable bonds is 6. The number of nitrogens with two attached hydrogens (primary N) is 1. The third-order valence-electron chi connectivity index (χ3n) is 3.97.